The molecule has 0 radical (unpaired) electrons. The molecular weight excluding hydrogens is 358 g/mol. The highest BCUT2D eigenvalue weighted by Crippen LogP contribution is 2.36. The van der Waals surface area contributed by atoms with Crippen LogP contribution >= 0.6 is 22.6 Å². The molecule has 9 heteroatoms. The van der Waals surface area contributed by atoms with Crippen LogP contribution in [0.2, 0.25) is 0 Å². The number of aromatic carboxylic acids is 1. The predicted molar refractivity (Wildman–Crippen MR) is 57.1 cm³/mol. The van der Waals surface area contributed by atoms with Crippen LogP contribution in [0.1, 0.15) is 10.5 Å². The van der Waals surface area contributed by atoms with Crippen LogP contribution in [0.5, 0.6) is 11.5 Å². The van der Waals surface area contributed by atoms with Crippen LogP contribution in [0.25, 0.3) is 0 Å². The lowest BCUT2D eigenvalue weighted by atomic mass is 10.3. The van der Waals surface area contributed by atoms with E-state index < -0.39 is 23.8 Å². The average molecular weight is 363 g/mol. The Bertz CT molecular complexity index is 449. The van der Waals surface area contributed by atoms with Gasteiger partial charge in [-0.15, -0.1) is 13.2 Å². The quantitative estimate of drug-likeness (QED) is 0.835. The van der Waals surface area contributed by atoms with Crippen LogP contribution < -0.4 is 9.47 Å². The summed E-state index contributed by atoms with van der Waals surface area (Å²) in [7, 11) is 1.10. The molecule has 0 saturated heterocycles. The van der Waals surface area contributed by atoms with Crippen molar-refractivity contribution in [2.45, 2.75) is 6.36 Å². The first-order valence-electron chi connectivity index (χ1n) is 3.97. The molecule has 0 amide bonds. The van der Waals surface area contributed by atoms with Gasteiger partial charge >= 0.3 is 12.3 Å². The van der Waals surface area contributed by atoms with Gasteiger partial charge < -0.3 is 14.6 Å². The van der Waals surface area contributed by atoms with Gasteiger partial charge in [-0.3, -0.25) is 0 Å². The topological polar surface area (TPSA) is 68.7 Å². The van der Waals surface area contributed by atoms with Crippen molar-refractivity contribution in [1.82, 2.24) is 4.98 Å². The Labute approximate surface area is 107 Å². The van der Waals surface area contributed by atoms with Gasteiger partial charge in [0.1, 0.15) is 0 Å². The van der Waals surface area contributed by atoms with Gasteiger partial charge in [0.2, 0.25) is 0 Å². The number of nitrogens with zero attached hydrogens (tertiary/aromatic N) is 1. The first-order valence-corrected chi connectivity index (χ1v) is 5.05. The van der Waals surface area contributed by atoms with E-state index in [9.17, 15) is 18.0 Å². The largest absolute Gasteiger partial charge is 0.573 e. The first kappa shape index (κ1) is 13.8. The van der Waals surface area contributed by atoms with Crippen molar-refractivity contribution >= 4 is 28.6 Å². The van der Waals surface area contributed by atoms with Gasteiger partial charge in [-0.1, -0.05) is 0 Å². The molecule has 0 bridgehead atoms. The number of carboxylic acids is 1. The molecule has 0 spiro atoms. The summed E-state index contributed by atoms with van der Waals surface area (Å²) in [6.45, 7) is 0. The molecule has 17 heavy (non-hydrogen) atoms. The van der Waals surface area contributed by atoms with Crippen LogP contribution in [0.15, 0.2) is 6.20 Å². The number of halogens is 4. The number of pyridine rings is 1. The van der Waals surface area contributed by atoms with Crippen molar-refractivity contribution < 1.29 is 32.5 Å². The number of methoxy groups -OCH3 is 1. The van der Waals surface area contributed by atoms with Gasteiger partial charge in [0.25, 0.3) is 0 Å². The Kier molecular flexibility index (Phi) is 4.01. The van der Waals surface area contributed by atoms with E-state index in [1.165, 1.54) is 22.6 Å². The molecule has 1 N–H and O–H groups in total. The Morgan fingerprint density at radius 3 is 2.53 bits per heavy atom. The van der Waals surface area contributed by atoms with Crippen LogP contribution in [0.4, 0.5) is 13.2 Å². The molecule has 0 unspecified atom stereocenters. The van der Waals surface area contributed by atoms with E-state index in [0.717, 1.165) is 7.11 Å². The third kappa shape index (κ3) is 3.35. The van der Waals surface area contributed by atoms with E-state index in [4.69, 9.17) is 5.11 Å². The minimum atomic E-state index is -4.90. The van der Waals surface area contributed by atoms with Gasteiger partial charge in [-0.2, -0.15) is 0 Å². The molecule has 0 aliphatic rings. The molecule has 94 valence electrons. The van der Waals surface area contributed by atoms with Crippen molar-refractivity contribution in [1.29, 1.82) is 0 Å². The Balaban J connectivity index is 3.26. The number of carbonyl (C=O) groups is 1. The summed E-state index contributed by atoms with van der Waals surface area (Å²) >= 11 is 1.52. The van der Waals surface area contributed by atoms with Crippen LogP contribution in [0, 0.1) is 3.57 Å². The number of alkyl halides is 3. The number of carboxylic acid groups (broad SMARTS) is 1. The van der Waals surface area contributed by atoms with Crippen molar-refractivity contribution in [3.63, 3.8) is 0 Å². The van der Waals surface area contributed by atoms with Crippen LogP contribution in [0.3, 0.4) is 0 Å². The molecular formula is C8H5F3INO4. The fourth-order valence-electron chi connectivity index (χ4n) is 0.991. The number of ether oxygens (including phenoxy) is 2. The number of aromatic nitrogens is 1. The summed E-state index contributed by atoms with van der Waals surface area (Å²) < 4.78 is 44.3. The van der Waals surface area contributed by atoms with E-state index in [1.807, 2.05) is 0 Å². The Morgan fingerprint density at radius 2 is 2.12 bits per heavy atom. The maximum Gasteiger partial charge on any atom is 0.573 e. The minimum Gasteiger partial charge on any atom is -0.492 e. The molecule has 0 aliphatic heterocycles. The van der Waals surface area contributed by atoms with E-state index in [-0.39, 0.29) is 9.32 Å². The SMILES string of the molecule is COc1c(OC(F)(F)F)cnc(C(=O)O)c1I. The third-order valence-electron chi connectivity index (χ3n) is 1.57. The molecule has 0 aliphatic carbocycles. The fourth-order valence-corrected chi connectivity index (χ4v) is 1.85. The monoisotopic (exact) mass is 363 g/mol. The van der Waals surface area contributed by atoms with Crippen LogP contribution in [-0.2, 0) is 0 Å². The smallest absolute Gasteiger partial charge is 0.492 e. The average Bonchev–Trinajstić information content (AvgIpc) is 2.15. The van der Waals surface area contributed by atoms with Gasteiger partial charge in [0.15, 0.2) is 17.2 Å². The fraction of sp³-hybridized carbons (Fsp3) is 0.250. The molecule has 0 aromatic carbocycles. The Morgan fingerprint density at radius 1 is 1.53 bits per heavy atom. The highest BCUT2D eigenvalue weighted by atomic mass is 127. The van der Waals surface area contributed by atoms with Crippen molar-refractivity contribution in [2.75, 3.05) is 7.11 Å². The predicted octanol–water partition coefficient (Wildman–Crippen LogP) is 2.29. The van der Waals surface area contributed by atoms with Crippen molar-refractivity contribution in [3.05, 3.63) is 15.5 Å². The van der Waals surface area contributed by atoms with Gasteiger partial charge in [0, 0.05) is 0 Å². The second kappa shape index (κ2) is 4.94. The molecule has 1 aromatic rings. The summed E-state index contributed by atoms with van der Waals surface area (Å²) in [5.74, 6) is -2.38. The van der Waals surface area contributed by atoms with E-state index in [0.29, 0.717) is 6.20 Å². The maximum atomic E-state index is 12.0. The normalized spacial score (nSPS) is 11.1. The zero-order valence-corrected chi connectivity index (χ0v) is 10.4. The summed E-state index contributed by atoms with van der Waals surface area (Å²) in [5, 5.41) is 8.72. The summed E-state index contributed by atoms with van der Waals surface area (Å²) in [6, 6.07) is 0. The molecule has 0 fully saturated rings. The highest BCUT2D eigenvalue weighted by Gasteiger charge is 2.34. The number of hydrogen-bond donors (Lipinski definition) is 1. The maximum absolute atomic E-state index is 12.0. The van der Waals surface area contributed by atoms with Crippen LogP contribution in [-0.4, -0.2) is 29.5 Å². The lowest BCUT2D eigenvalue weighted by Gasteiger charge is -2.13. The molecule has 5 nitrogen and oxygen atoms in total. The summed E-state index contributed by atoms with van der Waals surface area (Å²) in [4.78, 5) is 14.1. The second-order valence-electron chi connectivity index (χ2n) is 2.67. The zero-order valence-electron chi connectivity index (χ0n) is 8.21. The number of rotatable bonds is 3. The third-order valence-corrected chi connectivity index (χ3v) is 2.58. The molecule has 0 saturated carbocycles. The highest BCUT2D eigenvalue weighted by molar-refractivity contribution is 14.1. The standard InChI is InChI=1S/C8H5F3INO4/c1-16-6-3(17-8(9,10)11)2-13-5(4(6)12)7(14)15/h2H,1H3,(H,14,15). The minimum absolute atomic E-state index is 0.0700. The summed E-state index contributed by atoms with van der Waals surface area (Å²) in [5.41, 5.74) is -0.406. The molecule has 1 heterocycles. The van der Waals surface area contributed by atoms with Crippen molar-refractivity contribution in [3.8, 4) is 11.5 Å². The lowest BCUT2D eigenvalue weighted by molar-refractivity contribution is -0.275. The first-order chi connectivity index (χ1) is 7.76. The van der Waals surface area contributed by atoms with Gasteiger partial charge in [0.05, 0.1) is 16.9 Å². The molecule has 1 rings (SSSR count). The van der Waals surface area contributed by atoms with Crippen molar-refractivity contribution in [2.24, 2.45) is 0 Å². The Hall–Kier alpha value is -1.26. The second-order valence-corrected chi connectivity index (χ2v) is 3.75. The van der Waals surface area contributed by atoms with Gasteiger partial charge in [-0.05, 0) is 22.6 Å². The van der Waals surface area contributed by atoms with E-state index >= 15 is 0 Å². The van der Waals surface area contributed by atoms with E-state index in [1.54, 1.807) is 0 Å². The lowest BCUT2D eigenvalue weighted by Crippen LogP contribution is -2.18. The van der Waals surface area contributed by atoms with E-state index in [2.05, 4.69) is 14.5 Å². The number of hydrogen-bond acceptors (Lipinski definition) is 4. The molecule has 1 aromatic heterocycles. The summed E-state index contributed by atoms with van der Waals surface area (Å²) in [6.07, 6.45) is -4.25. The van der Waals surface area contributed by atoms with Gasteiger partial charge in [-0.25, -0.2) is 9.78 Å². The molecule has 0 atom stereocenters. The zero-order chi connectivity index (χ0) is 13.2.